The maximum absolute atomic E-state index is 13.0. The molecule has 3 N–H and O–H groups in total. The van der Waals surface area contributed by atoms with Crippen molar-refractivity contribution in [3.63, 3.8) is 0 Å². The van der Waals surface area contributed by atoms with Crippen molar-refractivity contribution in [3.8, 4) is 0 Å². The Bertz CT molecular complexity index is 765. The molecule has 1 aromatic heterocycles. The molecular weight excluding hydrogens is 346 g/mol. The monoisotopic (exact) mass is 373 g/mol. The van der Waals surface area contributed by atoms with Crippen LogP contribution in [0.4, 0.5) is 5.69 Å². The van der Waals surface area contributed by atoms with E-state index in [4.69, 9.17) is 15.2 Å². The number of amides is 1. The minimum atomic E-state index is -0.829. The maximum Gasteiger partial charge on any atom is 0.354 e. The molecule has 7 heteroatoms. The second-order valence-electron chi connectivity index (χ2n) is 7.20. The van der Waals surface area contributed by atoms with Crippen molar-refractivity contribution in [2.24, 2.45) is 5.73 Å². The summed E-state index contributed by atoms with van der Waals surface area (Å²) < 4.78 is 10.4. The first kappa shape index (κ1) is 20.7. The van der Waals surface area contributed by atoms with Gasteiger partial charge in [0.05, 0.1) is 31.5 Å². The third-order valence-corrected chi connectivity index (χ3v) is 3.85. The van der Waals surface area contributed by atoms with Gasteiger partial charge >= 0.3 is 5.97 Å². The summed E-state index contributed by atoms with van der Waals surface area (Å²) in [6.07, 6.45) is 1.59. The number of rotatable bonds is 7. The van der Waals surface area contributed by atoms with Gasteiger partial charge in [-0.05, 0) is 32.4 Å². The lowest BCUT2D eigenvalue weighted by molar-refractivity contribution is -0.122. The molecule has 1 amide bonds. The molecule has 0 aliphatic rings. The fraction of sp³-hybridized carbons (Fsp3) is 0.400. The normalized spacial score (nSPS) is 12.5. The standard InChI is InChI=1S/C20H27N3O4/c1-20(2,3)27-13-16(21)18(24)23(12-14-8-6-5-7-9-14)15-10-17(22-11-15)19(25)26-4/h5-11,16,22H,12-13,21H2,1-4H3/t16-/m0/s1. The number of H-pyrrole nitrogens is 1. The average Bonchev–Trinajstić information content (AvgIpc) is 3.13. The maximum atomic E-state index is 13.0. The number of nitrogens with zero attached hydrogens (tertiary/aromatic N) is 1. The topological polar surface area (TPSA) is 97.7 Å². The lowest BCUT2D eigenvalue weighted by Gasteiger charge is -2.27. The first-order valence-corrected chi connectivity index (χ1v) is 8.73. The van der Waals surface area contributed by atoms with E-state index in [1.807, 2.05) is 51.1 Å². The van der Waals surface area contributed by atoms with Gasteiger partial charge in [-0.1, -0.05) is 30.3 Å². The summed E-state index contributed by atoms with van der Waals surface area (Å²) in [5.74, 6) is -0.799. The van der Waals surface area contributed by atoms with Crippen LogP contribution < -0.4 is 10.6 Å². The number of hydrogen-bond donors (Lipinski definition) is 2. The summed E-state index contributed by atoms with van der Waals surface area (Å²) in [6, 6.07) is 10.3. The van der Waals surface area contributed by atoms with E-state index in [9.17, 15) is 9.59 Å². The number of nitrogens with one attached hydrogen (secondary N) is 1. The molecule has 7 nitrogen and oxygen atoms in total. The molecule has 1 aromatic carbocycles. The third kappa shape index (κ3) is 5.94. The quantitative estimate of drug-likeness (QED) is 0.727. The second kappa shape index (κ2) is 8.83. The van der Waals surface area contributed by atoms with Crippen LogP contribution >= 0.6 is 0 Å². The van der Waals surface area contributed by atoms with E-state index in [1.165, 1.54) is 12.0 Å². The zero-order valence-corrected chi connectivity index (χ0v) is 16.2. The average molecular weight is 373 g/mol. The molecule has 2 aromatic rings. The largest absolute Gasteiger partial charge is 0.464 e. The van der Waals surface area contributed by atoms with Crippen molar-refractivity contribution >= 4 is 17.6 Å². The number of aromatic nitrogens is 1. The number of esters is 1. The second-order valence-corrected chi connectivity index (χ2v) is 7.20. The smallest absolute Gasteiger partial charge is 0.354 e. The molecule has 1 atom stereocenters. The zero-order valence-electron chi connectivity index (χ0n) is 16.2. The Morgan fingerprint density at radius 3 is 2.48 bits per heavy atom. The molecule has 146 valence electrons. The van der Waals surface area contributed by atoms with Crippen LogP contribution in [0.2, 0.25) is 0 Å². The predicted molar refractivity (Wildman–Crippen MR) is 103 cm³/mol. The molecule has 0 aliphatic carbocycles. The molecule has 0 spiro atoms. The number of hydrogen-bond acceptors (Lipinski definition) is 5. The Morgan fingerprint density at radius 1 is 1.22 bits per heavy atom. The fourth-order valence-corrected chi connectivity index (χ4v) is 2.44. The van der Waals surface area contributed by atoms with Crippen molar-refractivity contribution < 1.29 is 19.1 Å². The summed E-state index contributed by atoms with van der Waals surface area (Å²) >= 11 is 0. The van der Waals surface area contributed by atoms with Crippen molar-refractivity contribution in [3.05, 3.63) is 53.9 Å². The van der Waals surface area contributed by atoms with Gasteiger partial charge in [0, 0.05) is 6.20 Å². The molecule has 0 unspecified atom stereocenters. The van der Waals surface area contributed by atoms with E-state index in [1.54, 1.807) is 12.3 Å². The zero-order chi connectivity index (χ0) is 20.0. The Morgan fingerprint density at radius 2 is 1.89 bits per heavy atom. The first-order valence-electron chi connectivity index (χ1n) is 8.73. The van der Waals surface area contributed by atoms with Crippen molar-refractivity contribution in [2.75, 3.05) is 18.6 Å². The van der Waals surface area contributed by atoms with E-state index >= 15 is 0 Å². The fourth-order valence-electron chi connectivity index (χ4n) is 2.44. The highest BCUT2D eigenvalue weighted by atomic mass is 16.5. The summed E-state index contributed by atoms with van der Waals surface area (Å²) in [5, 5.41) is 0. The van der Waals surface area contributed by atoms with E-state index in [2.05, 4.69) is 4.98 Å². The van der Waals surface area contributed by atoms with Gasteiger partial charge in [-0.15, -0.1) is 0 Å². The SMILES string of the molecule is COC(=O)c1cc(N(Cc2ccccc2)C(=O)[C@@H](N)COC(C)(C)C)c[nH]1. The molecule has 0 aliphatic heterocycles. The van der Waals surface area contributed by atoms with Gasteiger partial charge in [0.1, 0.15) is 11.7 Å². The molecular formula is C20H27N3O4. The lowest BCUT2D eigenvalue weighted by Crippen LogP contribution is -2.47. The molecule has 27 heavy (non-hydrogen) atoms. The molecule has 0 saturated carbocycles. The molecule has 0 saturated heterocycles. The van der Waals surface area contributed by atoms with Crippen LogP contribution in [-0.4, -0.2) is 42.2 Å². The predicted octanol–water partition coefficient (Wildman–Crippen LogP) is 2.48. The number of methoxy groups -OCH3 is 1. The van der Waals surface area contributed by atoms with Crippen LogP contribution in [0, 0.1) is 0 Å². The Kier molecular flexibility index (Phi) is 6.76. The molecule has 2 rings (SSSR count). The number of benzene rings is 1. The third-order valence-electron chi connectivity index (χ3n) is 3.85. The number of carbonyl (C=O) groups is 2. The lowest BCUT2D eigenvalue weighted by atomic mass is 10.1. The summed E-state index contributed by atoms with van der Waals surface area (Å²) in [4.78, 5) is 29.1. The summed E-state index contributed by atoms with van der Waals surface area (Å²) in [6.45, 7) is 6.13. The number of nitrogens with two attached hydrogens (primary N) is 1. The van der Waals surface area contributed by atoms with Gasteiger partial charge < -0.3 is 25.1 Å². The number of aromatic amines is 1. The number of carbonyl (C=O) groups excluding carboxylic acids is 2. The Hall–Kier alpha value is -2.64. The van der Waals surface area contributed by atoms with Gasteiger partial charge in [-0.25, -0.2) is 4.79 Å². The highest BCUT2D eigenvalue weighted by Gasteiger charge is 2.26. The van der Waals surface area contributed by atoms with Crippen molar-refractivity contribution in [1.82, 2.24) is 4.98 Å². The van der Waals surface area contributed by atoms with Gasteiger partial charge in [-0.3, -0.25) is 4.79 Å². The highest BCUT2D eigenvalue weighted by molar-refractivity contribution is 5.98. The van der Waals surface area contributed by atoms with Gasteiger partial charge in [0.25, 0.3) is 0 Å². The summed E-state index contributed by atoms with van der Waals surface area (Å²) in [5.41, 5.74) is 7.44. The van der Waals surface area contributed by atoms with Crippen LogP contribution in [0.5, 0.6) is 0 Å². The summed E-state index contributed by atoms with van der Waals surface area (Å²) in [7, 11) is 1.30. The van der Waals surface area contributed by atoms with Gasteiger partial charge in [0.2, 0.25) is 5.91 Å². The number of ether oxygens (including phenoxy) is 2. The minimum Gasteiger partial charge on any atom is -0.464 e. The van der Waals surface area contributed by atoms with Gasteiger partial charge in [0.15, 0.2) is 0 Å². The van der Waals surface area contributed by atoms with E-state index in [-0.39, 0.29) is 18.2 Å². The van der Waals surface area contributed by atoms with E-state index in [0.29, 0.717) is 12.2 Å². The van der Waals surface area contributed by atoms with Crippen molar-refractivity contribution in [2.45, 2.75) is 39.0 Å². The van der Waals surface area contributed by atoms with Crippen LogP contribution in [-0.2, 0) is 20.8 Å². The van der Waals surface area contributed by atoms with Gasteiger partial charge in [-0.2, -0.15) is 0 Å². The van der Waals surface area contributed by atoms with Crippen LogP contribution in [0.25, 0.3) is 0 Å². The van der Waals surface area contributed by atoms with Crippen molar-refractivity contribution in [1.29, 1.82) is 0 Å². The van der Waals surface area contributed by atoms with Crippen LogP contribution in [0.15, 0.2) is 42.6 Å². The van der Waals surface area contributed by atoms with Crippen LogP contribution in [0.3, 0.4) is 0 Å². The highest BCUT2D eigenvalue weighted by Crippen LogP contribution is 2.21. The van der Waals surface area contributed by atoms with E-state index in [0.717, 1.165) is 5.56 Å². The Labute approximate surface area is 159 Å². The molecule has 0 bridgehead atoms. The molecule has 0 fully saturated rings. The minimum absolute atomic E-state index is 0.0991. The number of anilines is 1. The Balaban J connectivity index is 2.25. The first-order chi connectivity index (χ1) is 12.7. The molecule has 1 heterocycles. The van der Waals surface area contributed by atoms with Crippen LogP contribution in [0.1, 0.15) is 36.8 Å². The van der Waals surface area contributed by atoms with E-state index < -0.39 is 17.6 Å². The molecule has 0 radical (unpaired) electrons.